The predicted molar refractivity (Wildman–Crippen MR) is 145 cm³/mol. The molecule has 0 unspecified atom stereocenters. The molecule has 0 radical (unpaired) electrons. The summed E-state index contributed by atoms with van der Waals surface area (Å²) in [6.07, 6.45) is 9.06. The number of nitrogens with one attached hydrogen (secondary N) is 2. The van der Waals surface area contributed by atoms with E-state index in [4.69, 9.17) is 4.98 Å². The largest absolute Gasteiger partial charge is 0.343 e. The van der Waals surface area contributed by atoms with Gasteiger partial charge >= 0.3 is 0 Å². The molecule has 2 N–H and O–H groups in total. The van der Waals surface area contributed by atoms with Crippen LogP contribution in [0.3, 0.4) is 0 Å². The number of fused-ring (bicyclic) bond motifs is 2. The summed E-state index contributed by atoms with van der Waals surface area (Å²) < 4.78 is 17.2. The number of hydrogen-bond acceptors (Lipinski definition) is 7. The first-order valence-corrected chi connectivity index (χ1v) is 12.3. The van der Waals surface area contributed by atoms with Crippen LogP contribution in [0.4, 0.5) is 4.39 Å². The van der Waals surface area contributed by atoms with Crippen LogP contribution in [0.2, 0.25) is 0 Å². The van der Waals surface area contributed by atoms with Crippen molar-refractivity contribution >= 4 is 22.3 Å². The molecule has 0 spiro atoms. The first-order chi connectivity index (χ1) is 19.1. The maximum Gasteiger partial charge on any atom is 0.214 e. The molecule has 0 aliphatic carbocycles. The number of aromatic nitrogens is 11. The highest BCUT2D eigenvalue weighted by atomic mass is 19.1. The van der Waals surface area contributed by atoms with E-state index in [2.05, 4.69) is 51.7 Å². The summed E-state index contributed by atoms with van der Waals surface area (Å²) in [4.78, 5) is 24.1. The van der Waals surface area contributed by atoms with Crippen molar-refractivity contribution in [2.24, 2.45) is 0 Å². The number of H-pyrrole nitrogens is 2. The van der Waals surface area contributed by atoms with Crippen LogP contribution in [0, 0.1) is 12.9 Å². The Kier molecular flexibility index (Phi) is 7.72. The Morgan fingerprint density at radius 1 is 0.897 bits per heavy atom. The topological polar surface area (TPSA) is 132 Å². The summed E-state index contributed by atoms with van der Waals surface area (Å²) in [5, 5.41) is 10.5. The van der Waals surface area contributed by atoms with Gasteiger partial charge in [-0.25, -0.2) is 29.6 Å². The normalized spacial score (nSPS) is 10.6. The summed E-state index contributed by atoms with van der Waals surface area (Å²) in [5.74, 6) is 0.821. The van der Waals surface area contributed by atoms with Crippen molar-refractivity contribution in [3.05, 3.63) is 109 Å². The molecule has 7 aromatic rings. The van der Waals surface area contributed by atoms with E-state index < -0.39 is 5.95 Å². The number of aryl methyl sites for hydroxylation is 2. The van der Waals surface area contributed by atoms with Gasteiger partial charge in [-0.2, -0.15) is 14.6 Å². The van der Waals surface area contributed by atoms with Crippen LogP contribution >= 0.6 is 0 Å². The Bertz CT molecular complexity index is 1720. The quantitative estimate of drug-likeness (QED) is 0.326. The molecule has 11 nitrogen and oxygen atoms in total. The van der Waals surface area contributed by atoms with E-state index >= 15 is 0 Å². The van der Waals surface area contributed by atoms with Crippen LogP contribution in [-0.4, -0.2) is 54.4 Å². The van der Waals surface area contributed by atoms with Gasteiger partial charge in [0.05, 0.1) is 17.5 Å². The molecule has 196 valence electrons. The lowest BCUT2D eigenvalue weighted by Gasteiger charge is -2.08. The average molecular weight is 524 g/mol. The van der Waals surface area contributed by atoms with Gasteiger partial charge in [0.2, 0.25) is 5.95 Å². The first-order valence-electron chi connectivity index (χ1n) is 12.3. The maximum atomic E-state index is 13.4. The van der Waals surface area contributed by atoms with Gasteiger partial charge in [0.1, 0.15) is 11.3 Å². The molecule has 0 aromatic carbocycles. The molecule has 12 heteroatoms. The third-order valence-corrected chi connectivity index (χ3v) is 5.70. The Morgan fingerprint density at radius 2 is 1.82 bits per heavy atom. The molecular weight excluding hydrogens is 497 g/mol. The molecule has 0 amide bonds. The number of aromatic amines is 2. The van der Waals surface area contributed by atoms with Gasteiger partial charge in [0, 0.05) is 43.4 Å². The highest BCUT2D eigenvalue weighted by Crippen LogP contribution is 2.19. The van der Waals surface area contributed by atoms with Gasteiger partial charge in [-0.05, 0) is 62.4 Å². The van der Waals surface area contributed by atoms with Gasteiger partial charge in [-0.3, -0.25) is 5.10 Å². The smallest absolute Gasteiger partial charge is 0.214 e. The van der Waals surface area contributed by atoms with E-state index in [1.54, 1.807) is 47.9 Å². The third-order valence-electron chi connectivity index (χ3n) is 5.70. The zero-order valence-corrected chi connectivity index (χ0v) is 21.4. The van der Waals surface area contributed by atoms with E-state index in [9.17, 15) is 4.39 Å². The predicted octanol–water partition coefficient (Wildman–Crippen LogP) is 4.44. The Morgan fingerprint density at radius 3 is 2.56 bits per heavy atom. The van der Waals surface area contributed by atoms with Crippen molar-refractivity contribution in [1.82, 2.24) is 54.4 Å². The molecule has 0 saturated carbocycles. The molecule has 0 fully saturated rings. The van der Waals surface area contributed by atoms with Gasteiger partial charge in [-0.1, -0.05) is 6.07 Å². The Balaban J connectivity index is 0.000000178. The van der Waals surface area contributed by atoms with Gasteiger partial charge in [0.25, 0.3) is 0 Å². The Hall–Kier alpha value is -5.26. The number of pyridine rings is 3. The van der Waals surface area contributed by atoms with Crippen molar-refractivity contribution in [2.75, 3.05) is 0 Å². The van der Waals surface area contributed by atoms with E-state index in [-0.39, 0.29) is 0 Å². The molecule has 7 heterocycles. The van der Waals surface area contributed by atoms with Crippen LogP contribution in [0.25, 0.3) is 28.1 Å². The monoisotopic (exact) mass is 523 g/mol. The fourth-order valence-corrected chi connectivity index (χ4v) is 3.95. The fourth-order valence-electron chi connectivity index (χ4n) is 3.95. The lowest BCUT2D eigenvalue weighted by atomic mass is 10.3. The number of imidazole rings is 2. The minimum absolute atomic E-state index is 0.452. The van der Waals surface area contributed by atoms with Crippen molar-refractivity contribution < 1.29 is 4.39 Å². The number of nitrogens with zero attached hydrogens (tertiary/aromatic N) is 9. The second-order valence-corrected chi connectivity index (χ2v) is 8.34. The van der Waals surface area contributed by atoms with Crippen molar-refractivity contribution in [1.29, 1.82) is 0 Å². The van der Waals surface area contributed by atoms with Crippen molar-refractivity contribution in [2.45, 2.75) is 26.8 Å². The third kappa shape index (κ3) is 6.01. The molecule has 39 heavy (non-hydrogen) atoms. The minimum Gasteiger partial charge on any atom is -0.343 e. The number of rotatable bonds is 4. The summed E-state index contributed by atoms with van der Waals surface area (Å²) in [5.41, 5.74) is 5.36. The molecule has 0 bridgehead atoms. The molecule has 7 rings (SSSR count). The maximum absolute atomic E-state index is 13.4. The number of hydrogen-bond donors (Lipinski definition) is 2. The second-order valence-electron chi connectivity index (χ2n) is 8.34. The lowest BCUT2D eigenvalue weighted by Crippen LogP contribution is -2.09. The zero-order chi connectivity index (χ0) is 27.0. The van der Waals surface area contributed by atoms with Crippen molar-refractivity contribution in [3.63, 3.8) is 0 Å². The summed E-state index contributed by atoms with van der Waals surface area (Å²) in [7, 11) is 0. The lowest BCUT2D eigenvalue weighted by molar-refractivity contribution is 0.576. The standard InChI is InChI=1S/C18H17FN6.C6H5N3.C3H4N2/c1-3-24-17(22-14-8-7-12(2)21-18(14)24)11-13-9-10-20-25(13)16-6-4-5-15(19)23-16;1-2-5-6(7-3-1)9-4-8-5;1-2-4-5-3-1/h4-10H,3,11H2,1-2H3;1-4H,(H,7,8,9);1-3H,(H,4,5). The second kappa shape index (κ2) is 11.9. The molecule has 0 aliphatic rings. The Labute approximate surface area is 222 Å². The SMILES string of the molecule is CCn1c(Cc2ccnn2-c2cccc(F)n2)nc2ccc(C)nc21.c1cn[nH]c1.c1cnc2nc[nH]c2c1. The molecule has 0 saturated heterocycles. The molecule has 0 aliphatic heterocycles. The van der Waals surface area contributed by atoms with E-state index in [0.29, 0.717) is 12.2 Å². The van der Waals surface area contributed by atoms with Crippen molar-refractivity contribution in [3.8, 4) is 5.82 Å². The fraction of sp³-hybridized carbons (Fsp3) is 0.148. The van der Waals surface area contributed by atoms with Crippen LogP contribution < -0.4 is 0 Å². The minimum atomic E-state index is -0.528. The van der Waals surface area contributed by atoms with Gasteiger partial charge in [-0.15, -0.1) is 0 Å². The van der Waals surface area contributed by atoms with Crippen LogP contribution in [-0.2, 0) is 13.0 Å². The molecule has 0 atom stereocenters. The first kappa shape index (κ1) is 25.4. The van der Waals surface area contributed by atoms with Crippen LogP contribution in [0.15, 0.2) is 85.7 Å². The summed E-state index contributed by atoms with van der Waals surface area (Å²) >= 11 is 0. The molecule has 7 aromatic heterocycles. The van der Waals surface area contributed by atoms with E-state index in [1.165, 1.54) is 6.07 Å². The van der Waals surface area contributed by atoms with E-state index in [0.717, 1.165) is 46.1 Å². The molecular formula is C27H26FN11. The van der Waals surface area contributed by atoms with Crippen LogP contribution in [0.1, 0.15) is 24.1 Å². The van der Waals surface area contributed by atoms with Gasteiger partial charge in [0.15, 0.2) is 17.1 Å². The van der Waals surface area contributed by atoms with Crippen LogP contribution in [0.5, 0.6) is 0 Å². The van der Waals surface area contributed by atoms with E-state index in [1.807, 2.05) is 43.3 Å². The number of halogens is 1. The average Bonchev–Trinajstić information content (AvgIpc) is 3.77. The zero-order valence-electron chi connectivity index (χ0n) is 21.4. The highest BCUT2D eigenvalue weighted by Gasteiger charge is 2.15. The summed E-state index contributed by atoms with van der Waals surface area (Å²) in [6, 6.07) is 16.2. The summed E-state index contributed by atoms with van der Waals surface area (Å²) in [6.45, 7) is 4.81. The van der Waals surface area contributed by atoms with Gasteiger partial charge < -0.3 is 9.55 Å². The highest BCUT2D eigenvalue weighted by molar-refractivity contribution is 5.72.